The fourth-order valence-electron chi connectivity index (χ4n) is 4.38. The Bertz CT molecular complexity index is 1630. The van der Waals surface area contributed by atoms with E-state index >= 15 is 0 Å². The summed E-state index contributed by atoms with van der Waals surface area (Å²) >= 11 is 7.05. The van der Waals surface area contributed by atoms with Crippen LogP contribution in [0.5, 0.6) is 23.0 Å². The number of hydrogen-bond donors (Lipinski definition) is 0. The average molecular weight is 647 g/mol. The molecule has 38 heavy (non-hydrogen) atoms. The van der Waals surface area contributed by atoms with Gasteiger partial charge in [-0.1, -0.05) is 15.9 Å². The number of halogens is 2. The molecule has 0 atom stereocenters. The van der Waals surface area contributed by atoms with Gasteiger partial charge in [-0.3, -0.25) is 9.36 Å². The van der Waals surface area contributed by atoms with Crippen molar-refractivity contribution in [3.05, 3.63) is 73.0 Å². The van der Waals surface area contributed by atoms with Gasteiger partial charge in [0.2, 0.25) is 0 Å². The second-order valence-electron chi connectivity index (χ2n) is 8.24. The fraction of sp³-hybridized carbons (Fsp3) is 0.214. The van der Waals surface area contributed by atoms with Crippen molar-refractivity contribution in [1.29, 1.82) is 0 Å². The van der Waals surface area contributed by atoms with Gasteiger partial charge in [0.1, 0.15) is 5.69 Å². The maximum atomic E-state index is 14.1. The number of methoxy groups -OCH3 is 5. The second kappa shape index (κ2) is 11.1. The summed E-state index contributed by atoms with van der Waals surface area (Å²) in [6.45, 7) is 1.90. The molecule has 0 aliphatic heterocycles. The first-order valence-corrected chi connectivity index (χ1v) is 12.9. The maximum absolute atomic E-state index is 14.1. The van der Waals surface area contributed by atoms with Crippen molar-refractivity contribution in [2.75, 3.05) is 35.5 Å². The Labute approximate surface area is 236 Å². The van der Waals surface area contributed by atoms with E-state index in [1.807, 2.05) is 19.1 Å². The van der Waals surface area contributed by atoms with Gasteiger partial charge < -0.3 is 23.7 Å². The van der Waals surface area contributed by atoms with Gasteiger partial charge in [0, 0.05) is 21.1 Å². The van der Waals surface area contributed by atoms with Crippen LogP contribution in [0.25, 0.3) is 27.6 Å². The number of nitrogens with zero attached hydrogens (tertiary/aromatic N) is 1. The van der Waals surface area contributed by atoms with Crippen LogP contribution in [0.4, 0.5) is 0 Å². The van der Waals surface area contributed by atoms with Gasteiger partial charge in [-0.2, -0.15) is 0 Å². The van der Waals surface area contributed by atoms with Gasteiger partial charge in [-0.05, 0) is 76.4 Å². The molecule has 0 radical (unpaired) electrons. The Morgan fingerprint density at radius 3 is 1.95 bits per heavy atom. The van der Waals surface area contributed by atoms with Gasteiger partial charge in [-0.25, -0.2) is 4.79 Å². The molecule has 4 rings (SSSR count). The van der Waals surface area contributed by atoms with E-state index in [0.717, 1.165) is 10.0 Å². The molecule has 8 nitrogen and oxygen atoms in total. The number of aryl methyl sites for hydroxylation is 1. The molecule has 0 fully saturated rings. The molecule has 1 heterocycles. The monoisotopic (exact) mass is 645 g/mol. The SMILES string of the molecule is COC(=O)c1c(-c2cc(Br)c(OC)c(OC)c2)c2cc(OC)c(OC)cc2c(=O)n1-c1ccc(Br)c(C)c1. The minimum absolute atomic E-state index is 0.0399. The lowest BCUT2D eigenvalue weighted by Crippen LogP contribution is -2.27. The molecule has 0 spiro atoms. The molecule has 0 aliphatic carbocycles. The number of benzene rings is 3. The summed E-state index contributed by atoms with van der Waals surface area (Å²) < 4.78 is 30.1. The number of rotatable bonds is 7. The summed E-state index contributed by atoms with van der Waals surface area (Å²) in [6.07, 6.45) is 0. The van der Waals surface area contributed by atoms with E-state index in [0.29, 0.717) is 55.1 Å². The lowest BCUT2D eigenvalue weighted by Gasteiger charge is -2.21. The number of carbonyl (C=O) groups is 1. The van der Waals surface area contributed by atoms with E-state index < -0.39 is 11.5 Å². The third kappa shape index (κ3) is 4.63. The van der Waals surface area contributed by atoms with Crippen LogP contribution in [-0.2, 0) is 4.74 Å². The summed E-state index contributed by atoms with van der Waals surface area (Å²) in [6, 6.07) is 12.2. The molecule has 4 aromatic rings. The van der Waals surface area contributed by atoms with E-state index in [1.54, 1.807) is 30.3 Å². The molecule has 0 bridgehead atoms. The minimum atomic E-state index is -0.694. The fourth-order valence-corrected chi connectivity index (χ4v) is 5.23. The molecule has 0 saturated heterocycles. The number of fused-ring (bicyclic) bond motifs is 1. The van der Waals surface area contributed by atoms with Crippen molar-refractivity contribution in [3.8, 4) is 39.8 Å². The highest BCUT2D eigenvalue weighted by Crippen LogP contribution is 2.44. The van der Waals surface area contributed by atoms with Crippen molar-refractivity contribution in [2.45, 2.75) is 6.92 Å². The average Bonchev–Trinajstić information content (AvgIpc) is 2.92. The van der Waals surface area contributed by atoms with Crippen LogP contribution in [-0.4, -0.2) is 46.1 Å². The van der Waals surface area contributed by atoms with E-state index in [-0.39, 0.29) is 5.69 Å². The lowest BCUT2D eigenvalue weighted by molar-refractivity contribution is 0.0591. The summed E-state index contributed by atoms with van der Waals surface area (Å²) in [5.74, 6) is 0.990. The van der Waals surface area contributed by atoms with Crippen molar-refractivity contribution in [3.63, 3.8) is 0 Å². The molecule has 10 heteroatoms. The highest BCUT2D eigenvalue weighted by atomic mass is 79.9. The van der Waals surface area contributed by atoms with Gasteiger partial charge >= 0.3 is 5.97 Å². The van der Waals surface area contributed by atoms with Crippen LogP contribution in [0.3, 0.4) is 0 Å². The first kappa shape index (κ1) is 27.5. The number of pyridine rings is 1. The van der Waals surface area contributed by atoms with E-state index in [1.165, 1.54) is 40.1 Å². The molecule has 0 amide bonds. The summed E-state index contributed by atoms with van der Waals surface area (Å²) in [5.41, 5.74) is 2.01. The van der Waals surface area contributed by atoms with E-state index in [4.69, 9.17) is 23.7 Å². The van der Waals surface area contributed by atoms with Crippen molar-refractivity contribution >= 4 is 48.6 Å². The van der Waals surface area contributed by atoms with Gasteiger partial charge in [-0.15, -0.1) is 0 Å². The van der Waals surface area contributed by atoms with Gasteiger partial charge in [0.15, 0.2) is 23.0 Å². The molecular formula is C28H25Br2NO7. The molecular weight excluding hydrogens is 622 g/mol. The summed E-state index contributed by atoms with van der Waals surface area (Å²) in [5, 5.41) is 0.786. The predicted octanol–water partition coefficient (Wildman–Crippen LogP) is 6.31. The number of ether oxygens (including phenoxy) is 5. The molecule has 0 unspecified atom stereocenters. The first-order valence-electron chi connectivity index (χ1n) is 11.3. The van der Waals surface area contributed by atoms with Crippen LogP contribution >= 0.6 is 31.9 Å². The topological polar surface area (TPSA) is 85.2 Å². The first-order chi connectivity index (χ1) is 18.2. The number of carbonyl (C=O) groups excluding carboxylic acids is 1. The lowest BCUT2D eigenvalue weighted by atomic mass is 9.95. The third-order valence-corrected chi connectivity index (χ3v) is 7.67. The summed E-state index contributed by atoms with van der Waals surface area (Å²) in [4.78, 5) is 27.6. The van der Waals surface area contributed by atoms with Crippen LogP contribution in [0, 0.1) is 6.92 Å². The smallest absolute Gasteiger partial charge is 0.355 e. The Balaban J connectivity index is 2.30. The Morgan fingerprint density at radius 2 is 1.39 bits per heavy atom. The Kier molecular flexibility index (Phi) is 8.03. The number of esters is 1. The maximum Gasteiger partial charge on any atom is 0.355 e. The van der Waals surface area contributed by atoms with Crippen molar-refractivity contribution in [2.24, 2.45) is 0 Å². The van der Waals surface area contributed by atoms with Gasteiger partial charge in [0.05, 0.1) is 45.4 Å². The molecule has 198 valence electrons. The normalized spacial score (nSPS) is 10.8. The Morgan fingerprint density at radius 1 is 0.763 bits per heavy atom. The summed E-state index contributed by atoms with van der Waals surface area (Å²) in [7, 11) is 7.33. The van der Waals surface area contributed by atoms with E-state index in [2.05, 4.69) is 31.9 Å². The van der Waals surface area contributed by atoms with Crippen LogP contribution in [0.15, 0.2) is 56.2 Å². The molecule has 0 aliphatic rings. The Hall–Kier alpha value is -3.50. The van der Waals surface area contributed by atoms with Crippen LogP contribution in [0.2, 0.25) is 0 Å². The number of hydrogen-bond acceptors (Lipinski definition) is 7. The van der Waals surface area contributed by atoms with E-state index in [9.17, 15) is 9.59 Å². The quantitative estimate of drug-likeness (QED) is 0.218. The standard InChI is InChI=1S/C28H25Br2NO7/c1-14-9-16(7-8-19(14)29)31-25(28(33)38-6)24(15-10-20(30)26(37-5)23(11-15)36-4)17-12-21(34-2)22(35-3)13-18(17)27(31)32/h7-13H,1-6H3. The van der Waals surface area contributed by atoms with Crippen LogP contribution < -0.4 is 24.5 Å². The molecule has 0 saturated carbocycles. The third-order valence-electron chi connectivity index (χ3n) is 6.19. The van der Waals surface area contributed by atoms with Crippen molar-refractivity contribution in [1.82, 2.24) is 4.57 Å². The molecule has 1 aromatic heterocycles. The zero-order valence-electron chi connectivity index (χ0n) is 21.6. The highest BCUT2D eigenvalue weighted by Gasteiger charge is 2.28. The zero-order valence-corrected chi connectivity index (χ0v) is 24.8. The largest absolute Gasteiger partial charge is 0.493 e. The second-order valence-corrected chi connectivity index (χ2v) is 9.94. The zero-order chi connectivity index (χ0) is 27.7. The highest BCUT2D eigenvalue weighted by molar-refractivity contribution is 9.10. The van der Waals surface area contributed by atoms with Gasteiger partial charge in [0.25, 0.3) is 5.56 Å². The predicted molar refractivity (Wildman–Crippen MR) is 153 cm³/mol. The molecule has 0 N–H and O–H groups in total. The minimum Gasteiger partial charge on any atom is -0.493 e. The van der Waals surface area contributed by atoms with Crippen LogP contribution in [0.1, 0.15) is 16.1 Å². The van der Waals surface area contributed by atoms with Crippen molar-refractivity contribution < 1.29 is 28.5 Å². The number of aromatic nitrogens is 1. The molecule has 3 aromatic carbocycles.